The van der Waals surface area contributed by atoms with Crippen molar-refractivity contribution in [3.05, 3.63) is 53.6 Å². The van der Waals surface area contributed by atoms with Gasteiger partial charge in [0.05, 0.1) is 5.56 Å². The molecule has 0 N–H and O–H groups in total. The first kappa shape index (κ1) is 22.5. The average Bonchev–Trinajstić information content (AvgIpc) is 2.82. The Kier molecular flexibility index (Phi) is 7.76. The van der Waals surface area contributed by atoms with Gasteiger partial charge in [0.25, 0.3) is 5.91 Å². The second-order valence-electron chi connectivity index (χ2n) is 7.18. The van der Waals surface area contributed by atoms with Gasteiger partial charge in [-0.05, 0) is 62.7 Å². The molecule has 0 atom stereocenters. The van der Waals surface area contributed by atoms with Gasteiger partial charge in [-0.3, -0.25) is 4.79 Å². The maximum atomic E-state index is 12.6. The Morgan fingerprint density at radius 1 is 0.903 bits per heavy atom. The highest BCUT2D eigenvalue weighted by molar-refractivity contribution is 5.91. The van der Waals surface area contributed by atoms with Gasteiger partial charge in [0.1, 0.15) is 13.2 Å². The molecule has 0 saturated heterocycles. The Morgan fingerprint density at radius 2 is 1.58 bits per heavy atom. The minimum absolute atomic E-state index is 0.245. The van der Waals surface area contributed by atoms with E-state index in [1.807, 2.05) is 37.3 Å². The van der Waals surface area contributed by atoms with E-state index in [1.165, 1.54) is 0 Å². The van der Waals surface area contributed by atoms with Crippen molar-refractivity contribution in [2.24, 2.45) is 0 Å². The topological polar surface area (TPSA) is 68.3 Å². The standard InChI is InChI=1S/C24H30N2O5/c1-4-25(5-2)20-10-8-19(9-11-20)24(28)31-17-23(27)26(6-3)16-18-7-12-21-22(15-18)30-14-13-29-21/h7-12,15H,4-6,13-14,16-17H2,1-3H3. The van der Waals surface area contributed by atoms with Crippen LogP contribution in [0.15, 0.2) is 42.5 Å². The highest BCUT2D eigenvalue weighted by atomic mass is 16.6. The number of hydrogen-bond donors (Lipinski definition) is 0. The number of hydrogen-bond acceptors (Lipinski definition) is 6. The lowest BCUT2D eigenvalue weighted by Crippen LogP contribution is -2.34. The minimum Gasteiger partial charge on any atom is -0.486 e. The van der Waals surface area contributed by atoms with Crippen LogP contribution in [0.3, 0.4) is 0 Å². The van der Waals surface area contributed by atoms with Crippen molar-refractivity contribution in [2.45, 2.75) is 27.3 Å². The molecular weight excluding hydrogens is 396 g/mol. The maximum Gasteiger partial charge on any atom is 0.338 e. The number of fused-ring (bicyclic) bond motifs is 1. The predicted octanol–water partition coefficient (Wildman–Crippen LogP) is 3.51. The lowest BCUT2D eigenvalue weighted by Gasteiger charge is -2.23. The summed E-state index contributed by atoms with van der Waals surface area (Å²) in [6.07, 6.45) is 0. The lowest BCUT2D eigenvalue weighted by atomic mass is 10.1. The molecule has 0 fully saturated rings. The van der Waals surface area contributed by atoms with E-state index >= 15 is 0 Å². The third-order valence-corrected chi connectivity index (χ3v) is 5.27. The van der Waals surface area contributed by atoms with Gasteiger partial charge in [0, 0.05) is 31.9 Å². The van der Waals surface area contributed by atoms with Crippen molar-refractivity contribution >= 4 is 17.6 Å². The Balaban J connectivity index is 1.55. The highest BCUT2D eigenvalue weighted by Gasteiger charge is 2.18. The quantitative estimate of drug-likeness (QED) is 0.572. The zero-order valence-corrected chi connectivity index (χ0v) is 18.4. The summed E-state index contributed by atoms with van der Waals surface area (Å²) >= 11 is 0. The third-order valence-electron chi connectivity index (χ3n) is 5.27. The van der Waals surface area contributed by atoms with Gasteiger partial charge >= 0.3 is 5.97 Å². The molecule has 1 aliphatic heterocycles. The summed E-state index contributed by atoms with van der Waals surface area (Å²) in [7, 11) is 0. The van der Waals surface area contributed by atoms with Crippen molar-refractivity contribution in [3.63, 3.8) is 0 Å². The number of rotatable bonds is 9. The minimum atomic E-state index is -0.505. The summed E-state index contributed by atoms with van der Waals surface area (Å²) in [5.74, 6) is 0.650. The first-order valence-electron chi connectivity index (χ1n) is 10.7. The summed E-state index contributed by atoms with van der Waals surface area (Å²) in [4.78, 5) is 28.8. The summed E-state index contributed by atoms with van der Waals surface area (Å²) in [5, 5.41) is 0. The zero-order valence-electron chi connectivity index (χ0n) is 18.4. The molecular formula is C24H30N2O5. The molecule has 7 heteroatoms. The predicted molar refractivity (Wildman–Crippen MR) is 119 cm³/mol. The summed E-state index contributed by atoms with van der Waals surface area (Å²) in [6.45, 7) is 9.51. The van der Waals surface area contributed by atoms with Crippen molar-refractivity contribution in [1.82, 2.24) is 4.90 Å². The van der Waals surface area contributed by atoms with Crippen LogP contribution in [0.1, 0.15) is 36.7 Å². The zero-order chi connectivity index (χ0) is 22.2. The second-order valence-corrected chi connectivity index (χ2v) is 7.18. The molecule has 1 amide bonds. The van der Waals surface area contributed by atoms with E-state index in [4.69, 9.17) is 14.2 Å². The lowest BCUT2D eigenvalue weighted by molar-refractivity contribution is -0.134. The Labute approximate surface area is 183 Å². The number of carbonyl (C=O) groups is 2. The fourth-order valence-electron chi connectivity index (χ4n) is 3.48. The summed E-state index contributed by atoms with van der Waals surface area (Å²) in [5.41, 5.74) is 2.41. The summed E-state index contributed by atoms with van der Waals surface area (Å²) < 4.78 is 16.4. The highest BCUT2D eigenvalue weighted by Crippen LogP contribution is 2.31. The number of likely N-dealkylation sites (N-methyl/N-ethyl adjacent to an activating group) is 1. The molecule has 0 aliphatic carbocycles. The molecule has 31 heavy (non-hydrogen) atoms. The van der Waals surface area contributed by atoms with E-state index in [2.05, 4.69) is 18.7 Å². The van der Waals surface area contributed by atoms with E-state index in [0.717, 1.165) is 24.3 Å². The van der Waals surface area contributed by atoms with Crippen LogP contribution in [0.4, 0.5) is 5.69 Å². The van der Waals surface area contributed by atoms with Gasteiger partial charge in [-0.2, -0.15) is 0 Å². The van der Waals surface area contributed by atoms with E-state index in [1.54, 1.807) is 17.0 Å². The largest absolute Gasteiger partial charge is 0.486 e. The fraction of sp³-hybridized carbons (Fsp3) is 0.417. The number of esters is 1. The molecule has 0 unspecified atom stereocenters. The molecule has 0 bridgehead atoms. The van der Waals surface area contributed by atoms with Crippen LogP contribution < -0.4 is 14.4 Å². The molecule has 1 aliphatic rings. The number of nitrogens with zero attached hydrogens (tertiary/aromatic N) is 2. The molecule has 0 spiro atoms. The Bertz CT molecular complexity index is 893. The van der Waals surface area contributed by atoms with Crippen LogP contribution in [0.2, 0.25) is 0 Å². The number of amides is 1. The van der Waals surface area contributed by atoms with E-state index in [0.29, 0.717) is 43.4 Å². The van der Waals surface area contributed by atoms with Crippen LogP contribution in [0.25, 0.3) is 0 Å². The molecule has 0 aromatic heterocycles. The van der Waals surface area contributed by atoms with Crippen molar-refractivity contribution in [3.8, 4) is 11.5 Å². The summed E-state index contributed by atoms with van der Waals surface area (Å²) in [6, 6.07) is 12.9. The van der Waals surface area contributed by atoms with E-state index in [9.17, 15) is 9.59 Å². The monoisotopic (exact) mass is 426 g/mol. The first-order chi connectivity index (χ1) is 15.0. The number of benzene rings is 2. The average molecular weight is 427 g/mol. The van der Waals surface area contributed by atoms with Gasteiger partial charge in [0.2, 0.25) is 0 Å². The molecule has 1 heterocycles. The van der Waals surface area contributed by atoms with Gasteiger partial charge < -0.3 is 24.0 Å². The third kappa shape index (κ3) is 5.69. The van der Waals surface area contributed by atoms with Gasteiger partial charge in [-0.1, -0.05) is 6.07 Å². The number of ether oxygens (including phenoxy) is 3. The molecule has 166 valence electrons. The molecule has 0 saturated carbocycles. The van der Waals surface area contributed by atoms with Crippen molar-refractivity contribution < 1.29 is 23.8 Å². The number of carbonyl (C=O) groups excluding carboxylic acids is 2. The fourth-order valence-corrected chi connectivity index (χ4v) is 3.48. The van der Waals surface area contributed by atoms with Gasteiger partial charge in [-0.15, -0.1) is 0 Å². The molecule has 2 aromatic rings. The molecule has 3 rings (SSSR count). The normalized spacial score (nSPS) is 12.2. The Morgan fingerprint density at radius 3 is 2.23 bits per heavy atom. The van der Waals surface area contributed by atoms with Gasteiger partial charge in [0.15, 0.2) is 18.1 Å². The molecule has 0 radical (unpaired) electrons. The van der Waals surface area contributed by atoms with Crippen LogP contribution in [0, 0.1) is 0 Å². The van der Waals surface area contributed by atoms with Gasteiger partial charge in [-0.25, -0.2) is 4.79 Å². The van der Waals surface area contributed by atoms with Crippen LogP contribution in [-0.4, -0.2) is 56.2 Å². The molecule has 7 nitrogen and oxygen atoms in total. The van der Waals surface area contributed by atoms with Crippen molar-refractivity contribution in [1.29, 1.82) is 0 Å². The number of anilines is 1. The van der Waals surface area contributed by atoms with Crippen LogP contribution in [0.5, 0.6) is 11.5 Å². The maximum absolute atomic E-state index is 12.6. The SMILES string of the molecule is CCN(Cc1ccc2c(c1)OCCO2)C(=O)COC(=O)c1ccc(N(CC)CC)cc1. The molecule has 2 aromatic carbocycles. The first-order valence-corrected chi connectivity index (χ1v) is 10.7. The second kappa shape index (κ2) is 10.7. The smallest absolute Gasteiger partial charge is 0.338 e. The van der Waals surface area contributed by atoms with E-state index < -0.39 is 5.97 Å². The van der Waals surface area contributed by atoms with Crippen LogP contribution in [-0.2, 0) is 16.1 Å². The van der Waals surface area contributed by atoms with Crippen LogP contribution >= 0.6 is 0 Å². The van der Waals surface area contributed by atoms with Crippen molar-refractivity contribution in [2.75, 3.05) is 44.4 Å². The Hall–Kier alpha value is -3.22. The van der Waals surface area contributed by atoms with E-state index in [-0.39, 0.29) is 12.5 Å².